The van der Waals surface area contributed by atoms with Gasteiger partial charge < -0.3 is 15.0 Å². The van der Waals surface area contributed by atoms with E-state index in [1.165, 1.54) is 17.0 Å². The van der Waals surface area contributed by atoms with Gasteiger partial charge in [0.2, 0.25) is 11.8 Å². The van der Waals surface area contributed by atoms with Crippen molar-refractivity contribution >= 4 is 50.1 Å². The number of anilines is 1. The predicted octanol–water partition coefficient (Wildman–Crippen LogP) is 6.05. The van der Waals surface area contributed by atoms with E-state index >= 15 is 0 Å². The molecule has 0 saturated heterocycles. The van der Waals surface area contributed by atoms with Gasteiger partial charge in [0.25, 0.3) is 10.0 Å². The Bertz CT molecular complexity index is 1650. The van der Waals surface area contributed by atoms with Crippen molar-refractivity contribution in [3.8, 4) is 5.75 Å². The first-order chi connectivity index (χ1) is 21.7. The van der Waals surface area contributed by atoms with Gasteiger partial charge >= 0.3 is 0 Å². The van der Waals surface area contributed by atoms with Crippen LogP contribution in [0.3, 0.4) is 0 Å². The lowest BCUT2D eigenvalue weighted by atomic mass is 10.0. The Kier molecular flexibility index (Phi) is 12.4. The minimum Gasteiger partial charge on any atom is -0.497 e. The molecule has 0 saturated carbocycles. The number of hydrogen-bond acceptors (Lipinski definition) is 5. The van der Waals surface area contributed by atoms with Gasteiger partial charge in [-0.2, -0.15) is 0 Å². The predicted molar refractivity (Wildman–Crippen MR) is 186 cm³/mol. The lowest BCUT2D eigenvalue weighted by Crippen LogP contribution is -2.53. The summed E-state index contributed by atoms with van der Waals surface area (Å²) >= 11 is 2.15. The molecule has 2 amide bonds. The zero-order valence-electron chi connectivity index (χ0n) is 25.4. The smallest absolute Gasteiger partial charge is 0.264 e. The Morgan fingerprint density at radius 2 is 1.51 bits per heavy atom. The monoisotopic (exact) mass is 739 g/mol. The molecule has 0 aliphatic rings. The second-order valence-corrected chi connectivity index (χ2v) is 13.6. The average molecular weight is 740 g/mol. The highest BCUT2D eigenvalue weighted by atomic mass is 127. The van der Waals surface area contributed by atoms with Crippen molar-refractivity contribution in [1.29, 1.82) is 0 Å². The topological polar surface area (TPSA) is 96.0 Å². The first-order valence-electron chi connectivity index (χ1n) is 14.8. The molecule has 4 aromatic carbocycles. The fourth-order valence-corrected chi connectivity index (χ4v) is 6.68. The minimum absolute atomic E-state index is 0.0637. The molecule has 0 aliphatic heterocycles. The molecule has 0 aliphatic carbocycles. The number of halogens is 1. The first-order valence-corrected chi connectivity index (χ1v) is 17.3. The van der Waals surface area contributed by atoms with E-state index in [0.717, 1.165) is 31.8 Å². The molecule has 45 heavy (non-hydrogen) atoms. The van der Waals surface area contributed by atoms with Crippen LogP contribution in [0.2, 0.25) is 0 Å². The number of hydrogen-bond donors (Lipinski definition) is 1. The molecule has 0 spiro atoms. The quantitative estimate of drug-likeness (QED) is 0.118. The summed E-state index contributed by atoms with van der Waals surface area (Å²) in [4.78, 5) is 29.9. The number of carbonyl (C=O) groups excluding carboxylic acids is 2. The Morgan fingerprint density at radius 3 is 2.16 bits per heavy atom. The summed E-state index contributed by atoms with van der Waals surface area (Å²) in [6.07, 6.45) is 1.95. The Labute approximate surface area is 279 Å². The van der Waals surface area contributed by atoms with Crippen molar-refractivity contribution in [2.45, 2.75) is 43.7 Å². The van der Waals surface area contributed by atoms with Crippen LogP contribution in [0, 0.1) is 3.57 Å². The fraction of sp³-hybridized carbons (Fsp3) is 0.257. The van der Waals surface area contributed by atoms with Crippen LogP contribution in [0.1, 0.15) is 30.9 Å². The average Bonchev–Trinajstić information content (AvgIpc) is 3.06. The van der Waals surface area contributed by atoms with E-state index in [0.29, 0.717) is 18.0 Å². The molecule has 8 nitrogen and oxygen atoms in total. The van der Waals surface area contributed by atoms with E-state index in [1.54, 1.807) is 55.6 Å². The van der Waals surface area contributed by atoms with Crippen molar-refractivity contribution < 1.29 is 22.7 Å². The van der Waals surface area contributed by atoms with Crippen LogP contribution in [-0.2, 0) is 32.6 Å². The van der Waals surface area contributed by atoms with Gasteiger partial charge in [0.15, 0.2) is 0 Å². The lowest BCUT2D eigenvalue weighted by molar-refractivity contribution is -0.140. The Morgan fingerprint density at radius 1 is 0.867 bits per heavy atom. The molecular formula is C35H38IN3O5S. The molecule has 0 heterocycles. The summed E-state index contributed by atoms with van der Waals surface area (Å²) in [5.41, 5.74) is 1.97. The maximum atomic E-state index is 14.5. The van der Waals surface area contributed by atoms with Gasteiger partial charge in [0.05, 0.1) is 17.7 Å². The van der Waals surface area contributed by atoms with E-state index in [4.69, 9.17) is 4.74 Å². The highest BCUT2D eigenvalue weighted by Gasteiger charge is 2.34. The highest BCUT2D eigenvalue weighted by Crippen LogP contribution is 2.26. The van der Waals surface area contributed by atoms with Gasteiger partial charge in [-0.15, -0.1) is 0 Å². The maximum Gasteiger partial charge on any atom is 0.264 e. The molecule has 0 fully saturated rings. The largest absolute Gasteiger partial charge is 0.497 e. The number of rotatable bonds is 15. The fourth-order valence-electron chi connectivity index (χ4n) is 4.88. The van der Waals surface area contributed by atoms with Gasteiger partial charge in [-0.05, 0) is 88.7 Å². The molecule has 4 aromatic rings. The van der Waals surface area contributed by atoms with Crippen LogP contribution >= 0.6 is 22.6 Å². The number of sulfonamides is 1. The minimum atomic E-state index is -4.14. The van der Waals surface area contributed by atoms with Gasteiger partial charge in [-0.1, -0.05) is 74.0 Å². The van der Waals surface area contributed by atoms with Crippen molar-refractivity contribution in [1.82, 2.24) is 10.2 Å². The summed E-state index contributed by atoms with van der Waals surface area (Å²) in [5.74, 6) is -0.197. The van der Waals surface area contributed by atoms with E-state index in [-0.39, 0.29) is 23.8 Å². The number of ether oxygens (including phenoxy) is 1. The van der Waals surface area contributed by atoms with E-state index < -0.39 is 28.5 Å². The number of amides is 2. The van der Waals surface area contributed by atoms with Crippen LogP contribution in [0.4, 0.5) is 5.69 Å². The highest BCUT2D eigenvalue weighted by molar-refractivity contribution is 14.1. The molecule has 1 N–H and O–H groups in total. The summed E-state index contributed by atoms with van der Waals surface area (Å²) in [6, 6.07) is 30.9. The van der Waals surface area contributed by atoms with Gasteiger partial charge in [-0.25, -0.2) is 8.42 Å². The molecule has 1 atom stereocenters. The summed E-state index contributed by atoms with van der Waals surface area (Å²) < 4.78 is 35.6. The Balaban J connectivity index is 1.79. The number of carbonyl (C=O) groups is 2. The van der Waals surface area contributed by atoms with Crippen molar-refractivity contribution in [3.63, 3.8) is 0 Å². The van der Waals surface area contributed by atoms with Crippen molar-refractivity contribution in [2.24, 2.45) is 0 Å². The van der Waals surface area contributed by atoms with E-state index in [2.05, 4.69) is 27.9 Å². The number of unbranched alkanes of at least 4 members (excludes halogenated alkanes) is 1. The van der Waals surface area contributed by atoms with Crippen LogP contribution in [0.5, 0.6) is 5.75 Å². The third-order valence-electron chi connectivity index (χ3n) is 7.31. The van der Waals surface area contributed by atoms with Crippen LogP contribution < -0.4 is 14.4 Å². The van der Waals surface area contributed by atoms with Gasteiger partial charge in [0, 0.05) is 23.1 Å². The standard InChI is InChI=1S/C35H38IN3O5S/c1-3-4-22-37-35(41)33(24-27-12-7-5-8-13-27)38(25-28-14-11-15-31(23-28)44-2)34(40)26-39(30-20-18-29(36)19-21-30)45(42,43)32-16-9-6-10-17-32/h5-21,23,33H,3-4,22,24-26H2,1-2H3,(H,37,41). The molecule has 1 unspecified atom stereocenters. The third-order valence-corrected chi connectivity index (χ3v) is 9.82. The second kappa shape index (κ2) is 16.4. The van der Waals surface area contributed by atoms with Crippen LogP contribution in [0.25, 0.3) is 0 Å². The second-order valence-electron chi connectivity index (χ2n) is 10.5. The van der Waals surface area contributed by atoms with E-state index in [1.807, 2.05) is 55.5 Å². The van der Waals surface area contributed by atoms with Crippen LogP contribution in [0.15, 0.2) is 114 Å². The summed E-state index contributed by atoms with van der Waals surface area (Å²) in [7, 11) is -2.57. The maximum absolute atomic E-state index is 14.5. The molecule has 0 bridgehead atoms. The van der Waals surface area contributed by atoms with Crippen molar-refractivity contribution in [2.75, 3.05) is 24.5 Å². The number of nitrogens with zero attached hydrogens (tertiary/aromatic N) is 2. The van der Waals surface area contributed by atoms with Crippen LogP contribution in [-0.4, -0.2) is 51.4 Å². The van der Waals surface area contributed by atoms with E-state index in [9.17, 15) is 18.0 Å². The summed E-state index contributed by atoms with van der Waals surface area (Å²) in [5, 5.41) is 3.00. The first kappa shape index (κ1) is 34.0. The van der Waals surface area contributed by atoms with Gasteiger partial charge in [-0.3, -0.25) is 13.9 Å². The molecule has 10 heteroatoms. The molecule has 0 aromatic heterocycles. The van der Waals surface area contributed by atoms with Crippen molar-refractivity contribution in [3.05, 3.63) is 124 Å². The number of nitrogens with one attached hydrogen (secondary N) is 1. The summed E-state index contributed by atoms with van der Waals surface area (Å²) in [6.45, 7) is 2.08. The molecule has 0 radical (unpaired) electrons. The zero-order chi connectivity index (χ0) is 32.2. The number of methoxy groups -OCH3 is 1. The van der Waals surface area contributed by atoms with Gasteiger partial charge in [0.1, 0.15) is 18.3 Å². The lowest BCUT2D eigenvalue weighted by Gasteiger charge is -2.34. The SMILES string of the molecule is CCCCNC(=O)C(Cc1ccccc1)N(Cc1cccc(OC)c1)C(=O)CN(c1ccc(I)cc1)S(=O)(=O)c1ccccc1. The molecule has 236 valence electrons. The molecule has 4 rings (SSSR count). The Hall–Kier alpha value is -3.90. The zero-order valence-corrected chi connectivity index (χ0v) is 28.4. The normalized spacial score (nSPS) is 11.8. The third kappa shape index (κ3) is 9.30. The number of benzene rings is 4. The molecular weight excluding hydrogens is 701 g/mol.